The lowest BCUT2D eigenvalue weighted by Gasteiger charge is -2.26. The van der Waals surface area contributed by atoms with Gasteiger partial charge in [-0.1, -0.05) is 79.1 Å². The first-order valence-electron chi connectivity index (χ1n) is 13.5. The summed E-state index contributed by atoms with van der Waals surface area (Å²) in [4.78, 5) is 13.6. The Morgan fingerprint density at radius 1 is 0.632 bits per heavy atom. The van der Waals surface area contributed by atoms with Crippen molar-refractivity contribution in [1.29, 1.82) is 0 Å². The van der Waals surface area contributed by atoms with Gasteiger partial charge >= 0.3 is 5.97 Å². The molecule has 0 unspecified atom stereocenters. The molecule has 0 aromatic heterocycles. The van der Waals surface area contributed by atoms with Gasteiger partial charge in [0.2, 0.25) is 0 Å². The van der Waals surface area contributed by atoms with Gasteiger partial charge in [0.1, 0.15) is 5.75 Å². The van der Waals surface area contributed by atoms with Crippen LogP contribution in [0.25, 0.3) is 0 Å². The average molecular weight is 504 g/mol. The van der Waals surface area contributed by atoms with Crippen molar-refractivity contribution in [3.63, 3.8) is 0 Å². The lowest BCUT2D eigenvalue weighted by molar-refractivity contribution is -0.128. The standard InChI is InChI=1S/C35H37NO2/c1-4-35(37)38-34-25-17-30(18-26-34)10-8-6-5-7-9-29-15-23-33(24-16-29)36(31-19-11-27(2)12-20-31)32-21-13-28(3)14-22-32/h4,11-26H,1,5-10H2,2-3H3. The van der Waals surface area contributed by atoms with E-state index >= 15 is 0 Å². The maximum atomic E-state index is 11.3. The van der Waals surface area contributed by atoms with Gasteiger partial charge < -0.3 is 9.64 Å². The first-order valence-corrected chi connectivity index (χ1v) is 13.5. The smallest absolute Gasteiger partial charge is 0.335 e. The summed E-state index contributed by atoms with van der Waals surface area (Å²) in [7, 11) is 0. The number of esters is 1. The molecule has 38 heavy (non-hydrogen) atoms. The number of hydrogen-bond acceptors (Lipinski definition) is 3. The summed E-state index contributed by atoms with van der Waals surface area (Å²) in [5.41, 5.74) is 8.68. The van der Waals surface area contributed by atoms with Crippen LogP contribution in [0.15, 0.2) is 110 Å². The SMILES string of the molecule is C=CC(=O)Oc1ccc(CCCCCCc2ccc(N(c3ccc(C)cc3)c3ccc(C)cc3)cc2)cc1. The second kappa shape index (κ2) is 13.4. The van der Waals surface area contributed by atoms with Crippen LogP contribution in [-0.4, -0.2) is 5.97 Å². The van der Waals surface area contributed by atoms with Crippen molar-refractivity contribution >= 4 is 23.0 Å². The monoisotopic (exact) mass is 503 g/mol. The third-order valence-corrected chi connectivity index (χ3v) is 6.77. The first-order chi connectivity index (χ1) is 18.5. The van der Waals surface area contributed by atoms with E-state index in [0.717, 1.165) is 19.3 Å². The molecule has 0 atom stereocenters. The molecule has 0 heterocycles. The number of hydrogen-bond donors (Lipinski definition) is 0. The number of anilines is 3. The van der Waals surface area contributed by atoms with Gasteiger partial charge in [-0.25, -0.2) is 4.79 Å². The van der Waals surface area contributed by atoms with Crippen LogP contribution in [0.2, 0.25) is 0 Å². The Morgan fingerprint density at radius 2 is 1.03 bits per heavy atom. The van der Waals surface area contributed by atoms with Crippen LogP contribution in [0.3, 0.4) is 0 Å². The first kappa shape index (κ1) is 26.9. The van der Waals surface area contributed by atoms with Crippen molar-refractivity contribution < 1.29 is 9.53 Å². The maximum absolute atomic E-state index is 11.3. The summed E-state index contributed by atoms with van der Waals surface area (Å²) in [5.74, 6) is 0.132. The molecule has 0 bridgehead atoms. The van der Waals surface area contributed by atoms with Crippen molar-refractivity contribution in [1.82, 2.24) is 0 Å². The molecule has 0 N–H and O–H groups in total. The highest BCUT2D eigenvalue weighted by Gasteiger charge is 2.12. The molecule has 0 saturated heterocycles. The van der Waals surface area contributed by atoms with Gasteiger partial charge in [-0.3, -0.25) is 0 Å². The number of benzene rings is 4. The minimum absolute atomic E-state index is 0.428. The lowest BCUT2D eigenvalue weighted by atomic mass is 10.0. The fraction of sp³-hybridized carbons (Fsp3) is 0.229. The van der Waals surface area contributed by atoms with E-state index in [-0.39, 0.29) is 0 Å². The summed E-state index contributed by atoms with van der Waals surface area (Å²) in [5, 5.41) is 0. The molecule has 0 saturated carbocycles. The Balaban J connectivity index is 1.27. The number of aryl methyl sites for hydroxylation is 4. The number of ether oxygens (including phenoxy) is 1. The van der Waals surface area contributed by atoms with Gasteiger partial charge in [0.05, 0.1) is 0 Å². The van der Waals surface area contributed by atoms with Crippen LogP contribution in [0.4, 0.5) is 17.1 Å². The number of rotatable bonds is 12. The largest absolute Gasteiger partial charge is 0.423 e. The van der Waals surface area contributed by atoms with Crippen LogP contribution >= 0.6 is 0 Å². The fourth-order valence-electron chi connectivity index (χ4n) is 4.54. The van der Waals surface area contributed by atoms with Gasteiger partial charge in [-0.05, 0) is 99.2 Å². The zero-order valence-corrected chi connectivity index (χ0v) is 22.5. The molecule has 0 aliphatic rings. The molecule has 0 radical (unpaired) electrons. The molecule has 0 spiro atoms. The van der Waals surface area contributed by atoms with Crippen molar-refractivity contribution in [3.05, 3.63) is 132 Å². The van der Waals surface area contributed by atoms with Crippen molar-refractivity contribution in [2.24, 2.45) is 0 Å². The molecule has 0 aliphatic heterocycles. The third-order valence-electron chi connectivity index (χ3n) is 6.77. The molecule has 4 aromatic carbocycles. The Kier molecular flexibility index (Phi) is 9.53. The van der Waals surface area contributed by atoms with Crippen LogP contribution in [0.5, 0.6) is 5.75 Å². The van der Waals surface area contributed by atoms with Gasteiger partial charge in [0, 0.05) is 23.1 Å². The zero-order valence-electron chi connectivity index (χ0n) is 22.5. The van der Waals surface area contributed by atoms with E-state index in [1.807, 2.05) is 24.3 Å². The minimum atomic E-state index is -0.428. The molecule has 0 fully saturated rings. The molecule has 4 rings (SSSR count). The van der Waals surface area contributed by atoms with Crippen molar-refractivity contribution in [2.75, 3.05) is 4.90 Å². The van der Waals surface area contributed by atoms with Crippen molar-refractivity contribution in [3.8, 4) is 5.75 Å². The quantitative estimate of drug-likeness (QED) is 0.0835. The Morgan fingerprint density at radius 3 is 1.45 bits per heavy atom. The van der Waals surface area contributed by atoms with Gasteiger partial charge in [-0.15, -0.1) is 0 Å². The minimum Gasteiger partial charge on any atom is -0.423 e. The Bertz CT molecular complexity index is 1260. The predicted octanol–water partition coefficient (Wildman–Crippen LogP) is 9.21. The highest BCUT2D eigenvalue weighted by Crippen LogP contribution is 2.34. The maximum Gasteiger partial charge on any atom is 0.335 e. The second-order valence-electron chi connectivity index (χ2n) is 9.86. The van der Waals surface area contributed by atoms with Crippen LogP contribution < -0.4 is 9.64 Å². The predicted molar refractivity (Wildman–Crippen MR) is 159 cm³/mol. The Labute approximate surface area is 227 Å². The van der Waals surface area contributed by atoms with Crippen molar-refractivity contribution in [2.45, 2.75) is 52.4 Å². The molecule has 0 aliphatic carbocycles. The topological polar surface area (TPSA) is 29.5 Å². The number of carbonyl (C=O) groups excluding carboxylic acids is 1. The molecule has 0 amide bonds. The van der Waals surface area contributed by atoms with E-state index in [9.17, 15) is 4.79 Å². The highest BCUT2D eigenvalue weighted by atomic mass is 16.5. The normalized spacial score (nSPS) is 10.7. The molecule has 3 heteroatoms. The molecule has 4 aromatic rings. The summed E-state index contributed by atoms with van der Waals surface area (Å²) in [6.07, 6.45) is 8.09. The van der Waals surface area contributed by atoms with Gasteiger partial charge in [0.25, 0.3) is 0 Å². The average Bonchev–Trinajstić information content (AvgIpc) is 2.94. The van der Waals surface area contributed by atoms with Crippen LogP contribution in [0.1, 0.15) is 47.9 Å². The molecule has 194 valence electrons. The zero-order chi connectivity index (χ0) is 26.7. The van der Waals surface area contributed by atoms with E-state index in [4.69, 9.17) is 4.74 Å². The Hall–Kier alpha value is -4.11. The number of unbranched alkanes of at least 4 members (excludes halogenated alkanes) is 3. The summed E-state index contributed by atoms with van der Waals surface area (Å²) < 4.78 is 5.13. The summed E-state index contributed by atoms with van der Waals surface area (Å²) in [6, 6.07) is 34.2. The molecular weight excluding hydrogens is 466 g/mol. The highest BCUT2D eigenvalue weighted by molar-refractivity contribution is 5.83. The number of carbonyl (C=O) groups is 1. The van der Waals surface area contributed by atoms with E-state index in [0.29, 0.717) is 5.75 Å². The van der Waals surface area contributed by atoms with E-state index < -0.39 is 5.97 Å². The summed E-state index contributed by atoms with van der Waals surface area (Å²) in [6.45, 7) is 7.66. The van der Waals surface area contributed by atoms with E-state index in [1.54, 1.807) is 0 Å². The van der Waals surface area contributed by atoms with E-state index in [1.165, 1.54) is 64.7 Å². The molecule has 3 nitrogen and oxygen atoms in total. The third kappa shape index (κ3) is 7.69. The lowest BCUT2D eigenvalue weighted by Crippen LogP contribution is -2.10. The number of nitrogens with zero attached hydrogens (tertiary/aromatic N) is 1. The fourth-order valence-corrected chi connectivity index (χ4v) is 4.54. The van der Waals surface area contributed by atoms with Gasteiger partial charge in [0.15, 0.2) is 0 Å². The van der Waals surface area contributed by atoms with E-state index in [2.05, 4.69) is 98.1 Å². The van der Waals surface area contributed by atoms with Gasteiger partial charge in [-0.2, -0.15) is 0 Å². The van der Waals surface area contributed by atoms with Crippen LogP contribution in [0, 0.1) is 13.8 Å². The van der Waals surface area contributed by atoms with Crippen LogP contribution in [-0.2, 0) is 17.6 Å². The summed E-state index contributed by atoms with van der Waals surface area (Å²) >= 11 is 0. The second-order valence-corrected chi connectivity index (χ2v) is 9.86. The molecular formula is C35H37NO2.